The van der Waals surface area contributed by atoms with Crippen molar-refractivity contribution in [3.05, 3.63) is 23.8 Å². The highest BCUT2D eigenvalue weighted by atomic mass is 32.2. The van der Waals surface area contributed by atoms with Gasteiger partial charge in [0.15, 0.2) is 11.5 Å². The first-order valence-corrected chi connectivity index (χ1v) is 8.27. The van der Waals surface area contributed by atoms with Crippen LogP contribution in [0.4, 0.5) is 0 Å². The molecule has 2 unspecified atom stereocenters. The summed E-state index contributed by atoms with van der Waals surface area (Å²) in [6.45, 7) is 2.53. The van der Waals surface area contributed by atoms with Crippen LogP contribution in [0.3, 0.4) is 0 Å². The molecule has 2 saturated heterocycles. The molecule has 2 aliphatic heterocycles. The first kappa shape index (κ1) is 14.0. The van der Waals surface area contributed by atoms with Gasteiger partial charge in [-0.3, -0.25) is 0 Å². The summed E-state index contributed by atoms with van der Waals surface area (Å²) in [4.78, 5) is 0. The molecule has 2 heterocycles. The summed E-state index contributed by atoms with van der Waals surface area (Å²) in [7, 11) is 1.68. The molecular formula is C15H21NO3S. The van der Waals surface area contributed by atoms with Gasteiger partial charge in [0.2, 0.25) is 0 Å². The van der Waals surface area contributed by atoms with Crippen molar-refractivity contribution in [2.75, 3.05) is 38.3 Å². The van der Waals surface area contributed by atoms with Gasteiger partial charge in [0.05, 0.1) is 19.8 Å². The third kappa shape index (κ3) is 3.22. The molecule has 0 amide bonds. The lowest BCUT2D eigenvalue weighted by Crippen LogP contribution is -2.33. The van der Waals surface area contributed by atoms with Crippen molar-refractivity contribution in [3.8, 4) is 11.5 Å². The first-order chi connectivity index (χ1) is 9.86. The molecule has 20 heavy (non-hydrogen) atoms. The van der Waals surface area contributed by atoms with Gasteiger partial charge in [0, 0.05) is 18.8 Å². The second kappa shape index (κ2) is 6.70. The lowest BCUT2D eigenvalue weighted by molar-refractivity contribution is 0.0274. The van der Waals surface area contributed by atoms with Crippen LogP contribution in [0.5, 0.6) is 11.5 Å². The molecule has 0 spiro atoms. The fraction of sp³-hybridized carbons (Fsp3) is 0.600. The summed E-state index contributed by atoms with van der Waals surface area (Å²) in [5.74, 6) is 3.89. The van der Waals surface area contributed by atoms with Gasteiger partial charge in [0.25, 0.3) is 0 Å². The number of ether oxygens (including phenoxy) is 3. The van der Waals surface area contributed by atoms with Gasteiger partial charge in [-0.1, -0.05) is 6.07 Å². The first-order valence-electron chi connectivity index (χ1n) is 7.11. The van der Waals surface area contributed by atoms with E-state index >= 15 is 0 Å². The van der Waals surface area contributed by atoms with E-state index in [-0.39, 0.29) is 6.10 Å². The molecule has 2 fully saturated rings. The lowest BCUT2D eigenvalue weighted by Gasteiger charge is -2.25. The number of hydrogen-bond acceptors (Lipinski definition) is 5. The van der Waals surface area contributed by atoms with E-state index in [1.807, 2.05) is 17.8 Å². The number of methoxy groups -OCH3 is 1. The molecule has 2 atom stereocenters. The average Bonchev–Trinajstić information content (AvgIpc) is 3.01. The Morgan fingerprint density at radius 2 is 2.30 bits per heavy atom. The second-order valence-electron chi connectivity index (χ2n) is 5.08. The topological polar surface area (TPSA) is 39.7 Å². The molecule has 0 saturated carbocycles. The normalized spacial score (nSPS) is 26.4. The highest BCUT2D eigenvalue weighted by Crippen LogP contribution is 2.34. The summed E-state index contributed by atoms with van der Waals surface area (Å²) in [6.07, 6.45) is 1.52. The lowest BCUT2D eigenvalue weighted by atomic mass is 10.1. The number of rotatable bonds is 4. The third-order valence-corrected chi connectivity index (χ3v) is 4.80. The van der Waals surface area contributed by atoms with Crippen LogP contribution in [0, 0.1) is 0 Å². The SMILES string of the molecule is COc1ccc(C2CNCCO2)cc1OC1CCSC1. The number of hydrogen-bond donors (Lipinski definition) is 1. The largest absolute Gasteiger partial charge is 0.493 e. The van der Waals surface area contributed by atoms with Crippen LogP contribution in [0.15, 0.2) is 18.2 Å². The Morgan fingerprint density at radius 1 is 1.35 bits per heavy atom. The maximum Gasteiger partial charge on any atom is 0.161 e. The molecule has 0 radical (unpaired) electrons. The maximum atomic E-state index is 6.11. The van der Waals surface area contributed by atoms with Crippen LogP contribution >= 0.6 is 11.8 Å². The summed E-state index contributed by atoms with van der Waals surface area (Å²) >= 11 is 1.95. The van der Waals surface area contributed by atoms with Crippen LogP contribution < -0.4 is 14.8 Å². The third-order valence-electron chi connectivity index (χ3n) is 3.67. The second-order valence-corrected chi connectivity index (χ2v) is 6.23. The van der Waals surface area contributed by atoms with Gasteiger partial charge in [0.1, 0.15) is 6.10 Å². The van der Waals surface area contributed by atoms with Crippen molar-refractivity contribution in [2.45, 2.75) is 18.6 Å². The molecule has 3 rings (SSSR count). The molecule has 1 aromatic carbocycles. The van der Waals surface area contributed by atoms with Crippen LogP contribution in [0.1, 0.15) is 18.1 Å². The van der Waals surface area contributed by atoms with Gasteiger partial charge in [-0.2, -0.15) is 11.8 Å². The molecule has 0 bridgehead atoms. The van der Waals surface area contributed by atoms with E-state index in [0.29, 0.717) is 6.10 Å². The number of nitrogens with one attached hydrogen (secondary N) is 1. The van der Waals surface area contributed by atoms with Gasteiger partial charge in [-0.15, -0.1) is 0 Å². The highest BCUT2D eigenvalue weighted by molar-refractivity contribution is 7.99. The molecule has 5 heteroatoms. The zero-order valence-electron chi connectivity index (χ0n) is 11.8. The van der Waals surface area contributed by atoms with E-state index in [1.54, 1.807) is 7.11 Å². The van der Waals surface area contributed by atoms with E-state index in [9.17, 15) is 0 Å². The smallest absolute Gasteiger partial charge is 0.161 e. The fourth-order valence-corrected chi connectivity index (χ4v) is 3.64. The van der Waals surface area contributed by atoms with Crippen molar-refractivity contribution in [1.82, 2.24) is 5.32 Å². The summed E-state index contributed by atoms with van der Waals surface area (Å²) in [6, 6.07) is 6.11. The molecule has 1 N–H and O–H groups in total. The Labute approximate surface area is 124 Å². The quantitative estimate of drug-likeness (QED) is 0.922. The van der Waals surface area contributed by atoms with Crippen LogP contribution in [-0.2, 0) is 4.74 Å². The molecular weight excluding hydrogens is 274 g/mol. The minimum atomic E-state index is 0.106. The molecule has 0 aliphatic carbocycles. The fourth-order valence-electron chi connectivity index (χ4n) is 2.55. The van der Waals surface area contributed by atoms with E-state index in [0.717, 1.165) is 48.9 Å². The van der Waals surface area contributed by atoms with E-state index in [4.69, 9.17) is 14.2 Å². The average molecular weight is 295 g/mol. The van der Waals surface area contributed by atoms with E-state index in [1.165, 1.54) is 5.75 Å². The Bertz CT molecular complexity index is 443. The van der Waals surface area contributed by atoms with Gasteiger partial charge in [-0.05, 0) is 29.9 Å². The number of morpholine rings is 1. The predicted octanol–water partition coefficient (Wildman–Crippen LogP) is 2.24. The molecule has 2 aliphatic rings. The Kier molecular flexibility index (Phi) is 4.70. The number of benzene rings is 1. The molecule has 110 valence electrons. The van der Waals surface area contributed by atoms with E-state index < -0.39 is 0 Å². The summed E-state index contributed by atoms with van der Waals surface area (Å²) < 4.78 is 17.3. The minimum Gasteiger partial charge on any atom is -0.493 e. The van der Waals surface area contributed by atoms with Crippen LogP contribution in [-0.4, -0.2) is 44.4 Å². The Hall–Kier alpha value is -0.910. The molecule has 0 aromatic heterocycles. The monoisotopic (exact) mass is 295 g/mol. The highest BCUT2D eigenvalue weighted by Gasteiger charge is 2.21. The van der Waals surface area contributed by atoms with Gasteiger partial charge in [-0.25, -0.2) is 0 Å². The Morgan fingerprint density at radius 3 is 3.00 bits per heavy atom. The summed E-state index contributed by atoms with van der Waals surface area (Å²) in [5.41, 5.74) is 1.15. The minimum absolute atomic E-state index is 0.106. The number of thioether (sulfide) groups is 1. The van der Waals surface area contributed by atoms with Crippen LogP contribution in [0.2, 0.25) is 0 Å². The van der Waals surface area contributed by atoms with E-state index in [2.05, 4.69) is 17.4 Å². The van der Waals surface area contributed by atoms with Crippen molar-refractivity contribution in [2.24, 2.45) is 0 Å². The Balaban J connectivity index is 1.78. The van der Waals surface area contributed by atoms with Crippen molar-refractivity contribution in [1.29, 1.82) is 0 Å². The van der Waals surface area contributed by atoms with Gasteiger partial charge < -0.3 is 19.5 Å². The van der Waals surface area contributed by atoms with Crippen molar-refractivity contribution in [3.63, 3.8) is 0 Å². The predicted molar refractivity (Wildman–Crippen MR) is 80.9 cm³/mol. The summed E-state index contributed by atoms with van der Waals surface area (Å²) in [5, 5.41) is 3.35. The van der Waals surface area contributed by atoms with Crippen molar-refractivity contribution < 1.29 is 14.2 Å². The molecule has 4 nitrogen and oxygen atoms in total. The zero-order chi connectivity index (χ0) is 13.8. The van der Waals surface area contributed by atoms with Crippen LogP contribution in [0.25, 0.3) is 0 Å². The maximum absolute atomic E-state index is 6.11. The zero-order valence-corrected chi connectivity index (χ0v) is 12.6. The standard InChI is InChI=1S/C15H21NO3S/c1-17-13-3-2-11(15-9-16-5-6-18-15)8-14(13)19-12-4-7-20-10-12/h2-3,8,12,15-16H,4-7,9-10H2,1H3. The van der Waals surface area contributed by atoms with Gasteiger partial charge >= 0.3 is 0 Å². The van der Waals surface area contributed by atoms with Crippen molar-refractivity contribution >= 4 is 11.8 Å². The molecule has 1 aromatic rings.